The summed E-state index contributed by atoms with van der Waals surface area (Å²) >= 11 is 6.23. The van der Waals surface area contributed by atoms with Gasteiger partial charge in [0.15, 0.2) is 5.96 Å². The van der Waals surface area contributed by atoms with Crippen molar-refractivity contribution in [1.29, 1.82) is 0 Å². The zero-order chi connectivity index (χ0) is 81.0. The maximum Gasteiger partial charge on any atom is 0.408 e. The first-order valence-corrected chi connectivity index (χ1v) is 36.0. The topological polar surface area (TPSA) is 421 Å². The van der Waals surface area contributed by atoms with Crippen LogP contribution in [0.3, 0.4) is 0 Å². The Morgan fingerprint density at radius 1 is 0.541 bits per heavy atom. The Bertz CT molecular complexity index is 4200. The van der Waals surface area contributed by atoms with Crippen molar-refractivity contribution in [1.82, 2.24) is 78.3 Å². The van der Waals surface area contributed by atoms with Gasteiger partial charge in [-0.25, -0.2) is 4.99 Å². The molecule has 0 radical (unpaired) electrons. The van der Waals surface area contributed by atoms with Crippen molar-refractivity contribution < 1.29 is 84.2 Å². The first-order chi connectivity index (χ1) is 52.7. The number of hydrogen-bond donors (Lipinski definition) is 13. The molecule has 1 aliphatic rings. The first kappa shape index (κ1) is 86.9. The van der Waals surface area contributed by atoms with Crippen molar-refractivity contribution in [2.24, 2.45) is 16.6 Å². The lowest BCUT2D eigenvalue weighted by molar-refractivity contribution is -0.142. The summed E-state index contributed by atoms with van der Waals surface area (Å²) < 4.78 is 79.3. The van der Waals surface area contributed by atoms with Crippen molar-refractivity contribution in [2.75, 3.05) is 32.8 Å². The van der Waals surface area contributed by atoms with Crippen LogP contribution in [-0.4, -0.2) is 201 Å². The van der Waals surface area contributed by atoms with Gasteiger partial charge >= 0.3 is 12.4 Å². The fraction of sp³-hybridized carbons (Fsp3) is 0.427. The molecular weight excluding hydrogens is 1480 g/mol. The van der Waals surface area contributed by atoms with Gasteiger partial charge in [-0.05, 0) is 114 Å². The molecule has 1 saturated heterocycles. The minimum absolute atomic E-state index is 0.00775. The minimum atomic E-state index is -4.91. The number of aromatic nitrogens is 3. The van der Waals surface area contributed by atoms with E-state index in [2.05, 4.69) is 73.1 Å². The number of carbonyl (C=O) groups excluding carboxylic acids is 11. The molecule has 11 amide bonds. The molecule has 29 nitrogen and oxygen atoms in total. The molecule has 36 heteroatoms. The molecule has 10 atom stereocenters. The third-order valence-electron chi connectivity index (χ3n) is 17.5. The molecule has 0 spiro atoms. The summed E-state index contributed by atoms with van der Waals surface area (Å²) in [6.45, 7) is 0.707. The molecule has 0 aliphatic carbocycles. The molecular formula is C75H90ClF6N17O12. The number of hydrogen-bond acceptors (Lipinski definition) is 16. The third kappa shape index (κ3) is 29.2. The summed E-state index contributed by atoms with van der Waals surface area (Å²) in [4.78, 5) is 173. The van der Waals surface area contributed by atoms with E-state index in [1.165, 1.54) is 63.2 Å². The number of rotatable bonds is 38. The van der Waals surface area contributed by atoms with E-state index in [1.54, 1.807) is 67.7 Å². The fourth-order valence-electron chi connectivity index (χ4n) is 12.0. The predicted octanol–water partition coefficient (Wildman–Crippen LogP) is 2.55. The van der Waals surface area contributed by atoms with Crippen molar-refractivity contribution in [3.63, 3.8) is 0 Å². The number of primary amides is 1. The zero-order valence-electron chi connectivity index (χ0n) is 61.1. The molecule has 596 valence electrons. The molecule has 3 aromatic heterocycles. The standard InChI is InChI=1S/C75H90ClF6N17O12/c1-43(2)30-55(64(103)92-54(72(111)99-29-11-18-62(99)71(110)90-44(3)63(83)102)17-10-28-87-73(88-41-74(77,78)79)89-42-75(80,81)82)93-67(106)58(34-48-12-7-25-84-37-48)95-68(107)59(35-49-13-8-26-85-38-49)97-70(109)61(40-100)98-69(108)60(36-50-14-9-27-86-39-50)96-66(105)57(32-46-20-23-53(76)24-21-46)94-65(104)56(91-45(4)101)33-47-19-22-51-15-5-6-16-52(51)31-47/h5-9,12-16,19-27,31,37-39,43-44,54-62,100H,10-11,17-18,28-30,32-36,40-42H2,1-4H3,(H2,83,102)(H,90,110)(H,91,101)(H,92,103)(H,93,106)(H,94,104)(H,95,107)(H,96,105)(H,97,109)(H,98,108)(H2,87,88,89)/t44-,54+,55+,56-,57-,58-,59+,60-,61+,62+/m1/s1. The summed E-state index contributed by atoms with van der Waals surface area (Å²) in [5, 5.41) is 40.8. The van der Waals surface area contributed by atoms with E-state index >= 15 is 4.79 Å². The fourth-order valence-corrected chi connectivity index (χ4v) is 12.1. The Morgan fingerprint density at radius 2 is 0.991 bits per heavy atom. The number of aliphatic hydroxyl groups excluding tert-OH is 1. The van der Waals surface area contributed by atoms with E-state index in [4.69, 9.17) is 17.3 Å². The van der Waals surface area contributed by atoms with Crippen LogP contribution in [0.25, 0.3) is 10.8 Å². The average molecular weight is 1570 g/mol. The smallest absolute Gasteiger partial charge is 0.394 e. The van der Waals surface area contributed by atoms with E-state index in [0.29, 0.717) is 32.8 Å². The molecule has 3 aromatic carbocycles. The second-order valence-electron chi connectivity index (χ2n) is 27.0. The molecule has 4 heterocycles. The number of pyridine rings is 3. The average Bonchev–Trinajstić information content (AvgIpc) is 1.69. The SMILES string of the molecule is CC(=O)N[C@H](Cc1ccc2ccccc2c1)C(=O)N[C@H](Cc1ccc(Cl)cc1)C(=O)N[C@H](Cc1cccnc1)C(=O)N[C@@H](CO)C(=O)N[C@@H](Cc1cccnc1)C(=O)N[C@H](Cc1cccnc1)C(=O)N[C@@H](CC(C)C)C(=O)N[C@@H](CCCNC(=NCC(F)(F)F)NCC(F)(F)F)C(=O)N1CCC[C@H]1C(=O)N[C@H](C)C(N)=O. The van der Waals surface area contributed by atoms with Gasteiger partial charge in [0.2, 0.25) is 65.0 Å². The van der Waals surface area contributed by atoms with Crippen LogP contribution in [0.5, 0.6) is 0 Å². The number of nitrogens with zero attached hydrogens (tertiary/aromatic N) is 5. The lowest BCUT2D eigenvalue weighted by Crippen LogP contribution is -2.62. The number of halogens is 7. The highest BCUT2D eigenvalue weighted by atomic mass is 35.5. The number of benzene rings is 3. The number of aliphatic imine (C=N–C) groups is 1. The van der Waals surface area contributed by atoms with Crippen LogP contribution in [0, 0.1) is 5.92 Å². The normalized spacial score (nSPS) is 15.5. The molecule has 0 saturated carbocycles. The van der Waals surface area contributed by atoms with Crippen LogP contribution in [0.15, 0.2) is 145 Å². The van der Waals surface area contributed by atoms with Crippen molar-refractivity contribution in [3.8, 4) is 0 Å². The number of amides is 11. The number of nitrogens with two attached hydrogens (primary N) is 1. The maximum atomic E-state index is 15.0. The van der Waals surface area contributed by atoms with Gasteiger partial charge in [0.25, 0.3) is 0 Å². The Morgan fingerprint density at radius 3 is 1.46 bits per heavy atom. The summed E-state index contributed by atoms with van der Waals surface area (Å²) in [6.07, 6.45) is -2.82. The largest absolute Gasteiger partial charge is 0.408 e. The van der Waals surface area contributed by atoms with Crippen LogP contribution in [0.1, 0.15) is 87.6 Å². The van der Waals surface area contributed by atoms with Crippen molar-refractivity contribution in [3.05, 3.63) is 173 Å². The molecule has 1 aliphatic heterocycles. The monoisotopic (exact) mass is 1570 g/mol. The Kier molecular flexibility index (Phi) is 32.9. The molecule has 0 unspecified atom stereocenters. The number of fused-ring (bicyclic) bond motifs is 1. The minimum Gasteiger partial charge on any atom is -0.394 e. The van der Waals surface area contributed by atoms with Gasteiger partial charge in [0, 0.05) is 94.3 Å². The lowest BCUT2D eigenvalue weighted by atomic mass is 9.99. The van der Waals surface area contributed by atoms with Gasteiger partial charge in [-0.15, -0.1) is 0 Å². The highest BCUT2D eigenvalue weighted by Crippen LogP contribution is 2.23. The number of carbonyl (C=O) groups is 11. The lowest BCUT2D eigenvalue weighted by Gasteiger charge is -2.31. The van der Waals surface area contributed by atoms with Crippen molar-refractivity contribution in [2.45, 2.75) is 165 Å². The third-order valence-corrected chi connectivity index (χ3v) is 17.8. The summed E-state index contributed by atoms with van der Waals surface area (Å²) in [5.74, 6) is -11.3. The number of guanidine groups is 1. The van der Waals surface area contributed by atoms with Gasteiger partial charge in [-0.2, -0.15) is 26.3 Å². The Labute approximate surface area is 640 Å². The Balaban J connectivity index is 1.13. The van der Waals surface area contributed by atoms with Crippen LogP contribution in [-0.2, 0) is 84.8 Å². The number of likely N-dealkylation sites (tertiary alicyclic amines) is 1. The highest BCUT2D eigenvalue weighted by molar-refractivity contribution is 6.30. The van der Waals surface area contributed by atoms with Gasteiger partial charge in [0.1, 0.15) is 73.5 Å². The predicted molar refractivity (Wildman–Crippen MR) is 395 cm³/mol. The van der Waals surface area contributed by atoms with E-state index < -0.39 is 176 Å². The first-order valence-electron chi connectivity index (χ1n) is 35.7. The molecule has 6 aromatic rings. The molecule has 111 heavy (non-hydrogen) atoms. The van der Waals surface area contributed by atoms with Crippen molar-refractivity contribution >= 4 is 93.3 Å². The van der Waals surface area contributed by atoms with E-state index in [0.717, 1.165) is 15.7 Å². The number of nitrogens with one attached hydrogen (secondary N) is 11. The van der Waals surface area contributed by atoms with Crippen LogP contribution in [0.4, 0.5) is 26.3 Å². The summed E-state index contributed by atoms with van der Waals surface area (Å²) in [6, 6.07) is 13.9. The highest BCUT2D eigenvalue weighted by Gasteiger charge is 2.41. The number of alkyl halides is 6. The quantitative estimate of drug-likeness (QED) is 0.0115. The second-order valence-corrected chi connectivity index (χ2v) is 27.5. The van der Waals surface area contributed by atoms with E-state index in [1.807, 2.05) is 42.5 Å². The molecule has 14 N–H and O–H groups in total. The van der Waals surface area contributed by atoms with Gasteiger partial charge in [0.05, 0.1) is 6.61 Å². The zero-order valence-corrected chi connectivity index (χ0v) is 61.9. The van der Waals surface area contributed by atoms with Crippen LogP contribution in [0.2, 0.25) is 5.02 Å². The maximum absolute atomic E-state index is 15.0. The van der Waals surface area contributed by atoms with Gasteiger partial charge in [-0.1, -0.05) is 98.2 Å². The van der Waals surface area contributed by atoms with Crippen LogP contribution >= 0.6 is 11.6 Å². The molecule has 7 rings (SSSR count). The Hall–Kier alpha value is -11.4. The second kappa shape index (κ2) is 42.0. The molecule has 0 bridgehead atoms. The van der Waals surface area contributed by atoms with Crippen LogP contribution < -0.4 is 64.2 Å². The van der Waals surface area contributed by atoms with E-state index in [-0.39, 0.29) is 70.8 Å². The summed E-state index contributed by atoms with van der Waals surface area (Å²) in [5.41, 5.74) is 7.72. The summed E-state index contributed by atoms with van der Waals surface area (Å²) in [7, 11) is 0. The van der Waals surface area contributed by atoms with E-state index in [9.17, 15) is 79.4 Å². The number of aliphatic hydroxyl groups is 1. The van der Waals surface area contributed by atoms with Gasteiger partial charge < -0.3 is 74.2 Å². The van der Waals surface area contributed by atoms with Gasteiger partial charge in [-0.3, -0.25) is 67.7 Å². The molecule has 1 fully saturated rings.